The maximum atomic E-state index is 13.4. The Bertz CT molecular complexity index is 1900. The lowest BCUT2D eigenvalue weighted by atomic mass is 9.47. The van der Waals surface area contributed by atoms with Crippen LogP contribution in [0.3, 0.4) is 0 Å². The Morgan fingerprint density at radius 1 is 0.750 bits per heavy atom. The lowest BCUT2D eigenvalue weighted by molar-refractivity contribution is -0.173. The number of hydrogen-bond acceptors (Lipinski definition) is 8. The number of nitrogens with zero attached hydrogens (tertiary/aromatic N) is 3. The van der Waals surface area contributed by atoms with Crippen molar-refractivity contribution in [2.24, 2.45) is 7.05 Å². The van der Waals surface area contributed by atoms with E-state index in [2.05, 4.69) is 34.6 Å². The first-order chi connectivity index (χ1) is 23.1. The van der Waals surface area contributed by atoms with E-state index in [0.29, 0.717) is 63.1 Å². The highest BCUT2D eigenvalue weighted by atomic mass is 16.5. The van der Waals surface area contributed by atoms with Gasteiger partial charge < -0.3 is 34.5 Å². The van der Waals surface area contributed by atoms with E-state index in [1.54, 1.807) is 12.1 Å². The van der Waals surface area contributed by atoms with E-state index >= 15 is 0 Å². The molecule has 2 fully saturated rings. The van der Waals surface area contributed by atoms with Crippen LogP contribution in [0.15, 0.2) is 49.6 Å². The van der Waals surface area contributed by atoms with Crippen LogP contribution in [-0.2, 0) is 43.6 Å². The van der Waals surface area contributed by atoms with E-state index in [4.69, 9.17) is 9.47 Å². The third kappa shape index (κ3) is 2.66. The summed E-state index contributed by atoms with van der Waals surface area (Å²) in [4.78, 5) is 4.73. The smallest absolute Gasteiger partial charge is 0.166 e. The summed E-state index contributed by atoms with van der Waals surface area (Å²) in [5.74, 6) is 1.22. The normalized spacial score (nSPS) is 38.6. The first-order valence-corrected chi connectivity index (χ1v) is 17.5. The molecule has 248 valence electrons. The number of hydrogen-bond donors (Lipinski definition) is 4. The number of ether oxygens (including phenoxy) is 2. The third-order valence-corrected chi connectivity index (χ3v) is 14.5. The van der Waals surface area contributed by atoms with E-state index in [0.717, 1.165) is 57.9 Å². The number of piperidine rings is 2. The molecule has 4 aliphatic carbocycles. The summed E-state index contributed by atoms with van der Waals surface area (Å²) in [6, 6.07) is 7.17. The number of phenolic OH excluding ortho intramolecular Hbond substituents is 2. The first-order valence-electron chi connectivity index (χ1n) is 17.5. The summed E-state index contributed by atoms with van der Waals surface area (Å²) in [6.45, 7) is 11.0. The average molecular weight is 648 g/mol. The second-order valence-electron chi connectivity index (χ2n) is 15.8. The molecule has 9 nitrogen and oxygen atoms in total. The fraction of sp³-hybridized carbons (Fsp3) is 0.487. The SMILES string of the molecule is C=CCN1CC[C@]23c4c5ccc(O)c4O[C@H]2c2c(c4c(n2C)[C@@H]2Oc6c(O)ccc7c6[C@@]26CCN(CC=C)[C@H](C7)[C@]6(O)C4)C[C@@]3(O)[C@H]1C5. The van der Waals surface area contributed by atoms with Gasteiger partial charge in [-0.2, -0.15) is 0 Å². The zero-order chi connectivity index (χ0) is 32.7. The van der Waals surface area contributed by atoms with Crippen LogP contribution < -0.4 is 9.47 Å². The molecular weight excluding hydrogens is 606 g/mol. The largest absolute Gasteiger partial charge is 0.504 e. The monoisotopic (exact) mass is 647 g/mol. The highest BCUT2D eigenvalue weighted by Gasteiger charge is 2.76. The minimum Gasteiger partial charge on any atom is -0.504 e. The van der Waals surface area contributed by atoms with Gasteiger partial charge in [-0.15, -0.1) is 13.2 Å². The lowest BCUT2D eigenvalue weighted by Crippen LogP contribution is -2.75. The minimum atomic E-state index is -1.17. The Labute approximate surface area is 279 Å². The van der Waals surface area contributed by atoms with Crippen LogP contribution >= 0.6 is 0 Å². The van der Waals surface area contributed by atoms with Crippen LogP contribution in [0.5, 0.6) is 23.0 Å². The van der Waals surface area contributed by atoms with Gasteiger partial charge in [0.25, 0.3) is 0 Å². The molecule has 8 atom stereocenters. The standard InChI is InChI=1S/C39H41N3O6/c1-4-12-41-14-10-36-28-20-6-8-24(43)32(28)47-34(36)30-22(18-38(36,45)26(41)16-20)23-19-39(46)27-17-21-7-9-25(44)33-29(21)37(39,11-15-42(27)13-5-2)35(48-33)31(23)40(30)3/h4-9,26-27,34-35,43-46H,1-2,10-19H2,3H3/t26-,27-,34+,35+,36+,37+,38-,39-/m1/s1. The zero-order valence-electron chi connectivity index (χ0n) is 27.2. The van der Waals surface area contributed by atoms with Gasteiger partial charge in [0, 0.05) is 69.3 Å². The molecule has 9 heteroatoms. The maximum Gasteiger partial charge on any atom is 0.166 e. The molecule has 0 unspecified atom stereocenters. The molecule has 1 aromatic heterocycles. The number of phenols is 2. The number of fused-ring (bicyclic) bond motifs is 5. The zero-order valence-corrected chi connectivity index (χ0v) is 27.2. The average Bonchev–Trinajstić information content (AvgIpc) is 3.67. The van der Waals surface area contributed by atoms with Crippen molar-refractivity contribution in [2.75, 3.05) is 26.2 Å². The quantitative estimate of drug-likeness (QED) is 0.319. The molecule has 2 saturated heterocycles. The van der Waals surface area contributed by atoms with E-state index in [1.807, 2.05) is 24.3 Å². The number of benzene rings is 2. The topological polar surface area (TPSA) is 111 Å². The van der Waals surface area contributed by atoms with Crippen molar-refractivity contribution in [1.82, 2.24) is 14.4 Å². The number of aliphatic hydroxyl groups is 2. The highest BCUT2D eigenvalue weighted by Crippen LogP contribution is 2.73. The predicted octanol–water partition coefficient (Wildman–Crippen LogP) is 3.39. The van der Waals surface area contributed by atoms with Gasteiger partial charge in [0.1, 0.15) is 0 Å². The summed E-state index contributed by atoms with van der Waals surface area (Å²) in [5.41, 5.74) is 4.45. The van der Waals surface area contributed by atoms with Crippen molar-refractivity contribution in [3.63, 3.8) is 0 Å². The fourth-order valence-corrected chi connectivity index (χ4v) is 12.8. The van der Waals surface area contributed by atoms with E-state index in [1.165, 1.54) is 0 Å². The Morgan fingerprint density at radius 3 is 1.60 bits per heavy atom. The molecule has 11 rings (SSSR count). The van der Waals surface area contributed by atoms with Gasteiger partial charge in [-0.05, 0) is 60.1 Å². The van der Waals surface area contributed by atoms with Gasteiger partial charge in [0.2, 0.25) is 0 Å². The number of rotatable bonds is 4. The summed E-state index contributed by atoms with van der Waals surface area (Å²) < 4.78 is 16.1. The lowest BCUT2D eigenvalue weighted by Gasteiger charge is -2.63. The molecule has 2 aromatic carbocycles. The van der Waals surface area contributed by atoms with Crippen molar-refractivity contribution in [2.45, 2.75) is 84.8 Å². The van der Waals surface area contributed by atoms with Gasteiger partial charge in [-0.25, -0.2) is 0 Å². The molecular formula is C39H41N3O6. The van der Waals surface area contributed by atoms with Crippen molar-refractivity contribution >= 4 is 0 Å². The van der Waals surface area contributed by atoms with E-state index in [9.17, 15) is 20.4 Å². The Morgan fingerprint density at radius 2 is 1.19 bits per heavy atom. The summed E-state index contributed by atoms with van der Waals surface area (Å²) in [6.07, 6.45) is 6.33. The molecule has 5 heterocycles. The molecule has 0 radical (unpaired) electrons. The molecule has 48 heavy (non-hydrogen) atoms. The summed E-state index contributed by atoms with van der Waals surface area (Å²) in [7, 11) is 2.08. The molecule has 4 aliphatic heterocycles. The van der Waals surface area contributed by atoms with Crippen LogP contribution in [-0.4, -0.2) is 84.3 Å². The second kappa shape index (κ2) is 8.51. The summed E-state index contributed by atoms with van der Waals surface area (Å²) >= 11 is 0. The maximum absolute atomic E-state index is 13.4. The number of aromatic hydroxyl groups is 2. The van der Waals surface area contributed by atoms with Crippen LogP contribution in [0.4, 0.5) is 0 Å². The van der Waals surface area contributed by atoms with Crippen LogP contribution in [0, 0.1) is 0 Å². The highest BCUT2D eigenvalue weighted by molar-refractivity contribution is 5.69. The molecule has 4 bridgehead atoms. The Kier molecular flexibility index (Phi) is 4.98. The molecule has 0 amide bonds. The number of aromatic nitrogens is 1. The van der Waals surface area contributed by atoms with Crippen molar-refractivity contribution in [3.05, 3.63) is 94.3 Å². The van der Waals surface area contributed by atoms with Gasteiger partial charge in [0.05, 0.1) is 33.4 Å². The number of likely N-dealkylation sites (tertiary alicyclic amines) is 2. The van der Waals surface area contributed by atoms with Crippen molar-refractivity contribution in [1.29, 1.82) is 0 Å². The van der Waals surface area contributed by atoms with Crippen LogP contribution in [0.1, 0.15) is 69.8 Å². The molecule has 0 saturated carbocycles. The molecule has 4 N–H and O–H groups in total. The molecule has 2 spiro atoms. The second-order valence-corrected chi connectivity index (χ2v) is 15.8. The Hall–Kier alpha value is -3.76. The van der Waals surface area contributed by atoms with Gasteiger partial charge >= 0.3 is 0 Å². The Balaban J connectivity index is 1.18. The summed E-state index contributed by atoms with van der Waals surface area (Å²) in [5, 5.41) is 49.2. The van der Waals surface area contributed by atoms with Crippen LogP contribution in [0.25, 0.3) is 0 Å². The van der Waals surface area contributed by atoms with Crippen LogP contribution in [0.2, 0.25) is 0 Å². The van der Waals surface area contributed by atoms with Crippen molar-refractivity contribution < 1.29 is 29.9 Å². The minimum absolute atomic E-state index is 0.111. The van der Waals surface area contributed by atoms with Gasteiger partial charge in [-0.3, -0.25) is 9.80 Å². The van der Waals surface area contributed by atoms with Gasteiger partial charge in [-0.1, -0.05) is 24.3 Å². The van der Waals surface area contributed by atoms with Gasteiger partial charge in [0.15, 0.2) is 35.2 Å². The fourth-order valence-electron chi connectivity index (χ4n) is 12.8. The third-order valence-electron chi connectivity index (χ3n) is 14.5. The van der Waals surface area contributed by atoms with E-state index < -0.39 is 34.2 Å². The van der Waals surface area contributed by atoms with E-state index in [-0.39, 0.29) is 23.6 Å². The molecule has 3 aromatic rings. The van der Waals surface area contributed by atoms with Crippen molar-refractivity contribution in [3.8, 4) is 23.0 Å². The first kappa shape index (κ1) is 28.1. The molecule has 8 aliphatic rings. The predicted molar refractivity (Wildman–Crippen MR) is 177 cm³/mol.